The van der Waals surface area contributed by atoms with Crippen LogP contribution in [0.3, 0.4) is 0 Å². The fraction of sp³-hybridized carbons (Fsp3) is 0.340. The van der Waals surface area contributed by atoms with Crippen LogP contribution in [0.25, 0.3) is 0 Å². The fourth-order valence-corrected chi connectivity index (χ4v) is 9.23. The summed E-state index contributed by atoms with van der Waals surface area (Å²) in [6.07, 6.45) is -0.353. The number of hydrogen-bond acceptors (Lipinski definition) is 12. The van der Waals surface area contributed by atoms with Gasteiger partial charge in [0, 0.05) is 30.3 Å². The molecule has 1 unspecified atom stereocenters. The molecule has 0 bridgehead atoms. The summed E-state index contributed by atoms with van der Waals surface area (Å²) in [7, 11) is 1.46. The molecular weight excluding hydrogens is 810 g/mol. The van der Waals surface area contributed by atoms with E-state index in [1.54, 1.807) is 44.6 Å². The van der Waals surface area contributed by atoms with E-state index in [1.165, 1.54) is 10.8 Å². The molecule has 1 amide bonds. The Hall–Kier alpha value is -5.78. The molecule has 324 valence electrons. The Morgan fingerprint density at radius 2 is 1.48 bits per heavy atom. The van der Waals surface area contributed by atoms with E-state index in [-0.39, 0.29) is 49.5 Å². The first kappa shape index (κ1) is 45.7. The van der Waals surface area contributed by atoms with Gasteiger partial charge in [-0.25, -0.2) is 9.46 Å². The van der Waals surface area contributed by atoms with Crippen molar-refractivity contribution in [3.05, 3.63) is 154 Å². The quantitative estimate of drug-likeness (QED) is 0.0345. The minimum atomic E-state index is -1.76. The molecule has 0 saturated carbocycles. The van der Waals surface area contributed by atoms with Gasteiger partial charge in [0.25, 0.3) is 14.4 Å². The SMILES string of the molecule is COc1ccc(C(OC[C@H]2O[C@@H](n3cc(C=O)c(NC(=O)c4ccccc4)nc3=O)C[C@@H]2OP(OCCC#N)N(C(C)C)C(C)C)(c2ccccc2)c2ccc(OC)cc2)cc1. The highest BCUT2D eigenvalue weighted by Gasteiger charge is 2.45. The van der Waals surface area contributed by atoms with Gasteiger partial charge in [-0.15, -0.1) is 0 Å². The monoisotopic (exact) mass is 861 g/mol. The first-order chi connectivity index (χ1) is 30.0. The lowest BCUT2D eigenvalue weighted by atomic mass is 9.80. The van der Waals surface area contributed by atoms with Crippen LogP contribution in [0, 0.1) is 11.3 Å². The number of benzene rings is 4. The van der Waals surface area contributed by atoms with E-state index in [0.717, 1.165) is 16.7 Å². The number of methoxy groups -OCH3 is 2. The molecule has 0 radical (unpaired) electrons. The molecule has 1 aliphatic heterocycles. The molecule has 6 rings (SSSR count). The molecule has 5 aromatic rings. The van der Waals surface area contributed by atoms with Crippen molar-refractivity contribution in [3.63, 3.8) is 0 Å². The molecule has 1 saturated heterocycles. The Labute approximate surface area is 363 Å². The van der Waals surface area contributed by atoms with Gasteiger partial charge in [-0.2, -0.15) is 10.2 Å². The lowest BCUT2D eigenvalue weighted by Crippen LogP contribution is -2.39. The van der Waals surface area contributed by atoms with Crippen LogP contribution in [-0.2, 0) is 24.1 Å². The standard InChI is InChI=1S/C47H52N5O9P/c1-32(2)52(33(3)4)62(59-27-13-26-48)61-41-28-43(51-29-35(30-53)44(50-46(51)55)49-45(54)34-14-9-7-10-15-34)60-42(41)31-58-47(36-16-11-8-12-17-36,37-18-22-39(56-5)23-19-37)38-20-24-40(57-6)25-21-38/h7-12,14-25,29-30,32-33,41-43H,13,27-28,31H2,1-6H3,(H,49,50,54,55)/t41-,42+,43+,62?/m0/s1. The molecule has 14 nitrogen and oxygen atoms in total. The third-order valence-corrected chi connectivity index (χ3v) is 12.5. The number of carbonyl (C=O) groups is 2. The number of aromatic nitrogens is 2. The molecular formula is C47H52N5O9P. The summed E-state index contributed by atoms with van der Waals surface area (Å²) in [5.74, 6) is 0.641. The van der Waals surface area contributed by atoms with Crippen LogP contribution in [0.15, 0.2) is 120 Å². The van der Waals surface area contributed by atoms with Crippen molar-refractivity contribution >= 4 is 26.5 Å². The highest BCUT2D eigenvalue weighted by molar-refractivity contribution is 7.44. The Balaban J connectivity index is 1.42. The molecule has 4 aromatic carbocycles. The minimum absolute atomic E-state index is 0.00694. The molecule has 1 aliphatic rings. The first-order valence-corrected chi connectivity index (χ1v) is 21.5. The van der Waals surface area contributed by atoms with E-state index in [4.69, 9.17) is 28.0 Å². The van der Waals surface area contributed by atoms with Crippen LogP contribution in [0.5, 0.6) is 11.5 Å². The van der Waals surface area contributed by atoms with Crippen molar-refractivity contribution in [2.75, 3.05) is 32.8 Å². The summed E-state index contributed by atoms with van der Waals surface area (Å²) in [5.41, 5.74) is 0.793. The molecule has 15 heteroatoms. The van der Waals surface area contributed by atoms with E-state index in [2.05, 4.69) is 21.0 Å². The minimum Gasteiger partial charge on any atom is -0.497 e. The van der Waals surface area contributed by atoms with Gasteiger partial charge in [-0.3, -0.25) is 14.2 Å². The molecule has 1 fully saturated rings. The van der Waals surface area contributed by atoms with Gasteiger partial charge in [-0.05, 0) is 80.8 Å². The van der Waals surface area contributed by atoms with Crippen molar-refractivity contribution in [1.29, 1.82) is 5.26 Å². The molecule has 1 aromatic heterocycles. The Bertz CT molecular complexity index is 2280. The Morgan fingerprint density at radius 1 is 0.919 bits per heavy atom. The second-order valence-corrected chi connectivity index (χ2v) is 16.4. The number of amides is 1. The third-order valence-electron chi connectivity index (χ3n) is 10.4. The van der Waals surface area contributed by atoms with Crippen LogP contribution >= 0.6 is 8.53 Å². The van der Waals surface area contributed by atoms with Crippen molar-refractivity contribution in [2.24, 2.45) is 0 Å². The summed E-state index contributed by atoms with van der Waals surface area (Å²) in [5, 5.41) is 12.0. The predicted molar refractivity (Wildman–Crippen MR) is 235 cm³/mol. The summed E-state index contributed by atoms with van der Waals surface area (Å²) < 4.78 is 41.7. The number of nitrogens with zero attached hydrogens (tertiary/aromatic N) is 4. The number of nitriles is 1. The first-order valence-electron chi connectivity index (χ1n) is 20.4. The van der Waals surface area contributed by atoms with E-state index < -0.39 is 44.2 Å². The van der Waals surface area contributed by atoms with E-state index in [0.29, 0.717) is 23.3 Å². The lowest BCUT2D eigenvalue weighted by Gasteiger charge is -2.39. The van der Waals surface area contributed by atoms with Crippen LogP contribution in [-0.4, -0.2) is 78.1 Å². The van der Waals surface area contributed by atoms with Gasteiger partial charge in [-0.1, -0.05) is 72.8 Å². The topological polar surface area (TPSA) is 163 Å². The molecule has 4 atom stereocenters. The van der Waals surface area contributed by atoms with E-state index >= 15 is 0 Å². The van der Waals surface area contributed by atoms with Gasteiger partial charge in [0.05, 0.1) is 51.6 Å². The number of aldehydes is 1. The average molecular weight is 862 g/mol. The van der Waals surface area contributed by atoms with E-state index in [9.17, 15) is 19.6 Å². The zero-order valence-electron chi connectivity index (χ0n) is 35.7. The van der Waals surface area contributed by atoms with Gasteiger partial charge < -0.3 is 33.3 Å². The maximum atomic E-state index is 13.8. The Morgan fingerprint density at radius 3 is 2.02 bits per heavy atom. The van der Waals surface area contributed by atoms with Crippen molar-refractivity contribution in [1.82, 2.24) is 14.2 Å². The summed E-state index contributed by atoms with van der Waals surface area (Å²) in [6.45, 7) is 8.27. The molecule has 62 heavy (non-hydrogen) atoms. The smallest absolute Gasteiger partial charge is 0.351 e. The summed E-state index contributed by atoms with van der Waals surface area (Å²) in [4.78, 5) is 43.5. The summed E-state index contributed by atoms with van der Waals surface area (Å²) in [6, 6.07) is 35.7. The van der Waals surface area contributed by atoms with E-state index in [1.807, 2.05) is 107 Å². The maximum absolute atomic E-state index is 13.8. The number of hydrogen-bond donors (Lipinski definition) is 1. The van der Waals surface area contributed by atoms with Crippen molar-refractivity contribution < 1.29 is 37.6 Å². The molecule has 2 heterocycles. The normalized spacial score (nSPS) is 16.9. The van der Waals surface area contributed by atoms with Crippen LogP contribution < -0.4 is 20.5 Å². The highest BCUT2D eigenvalue weighted by Crippen LogP contribution is 2.51. The van der Waals surface area contributed by atoms with Gasteiger partial charge in [0.2, 0.25) is 0 Å². The second-order valence-electron chi connectivity index (χ2n) is 15.0. The molecule has 0 spiro atoms. The zero-order valence-corrected chi connectivity index (χ0v) is 36.6. The number of anilines is 1. The Kier molecular flexibility index (Phi) is 15.7. The van der Waals surface area contributed by atoms with Gasteiger partial charge >= 0.3 is 5.69 Å². The predicted octanol–water partition coefficient (Wildman–Crippen LogP) is 8.28. The fourth-order valence-electron chi connectivity index (χ4n) is 7.47. The largest absolute Gasteiger partial charge is 0.497 e. The van der Waals surface area contributed by atoms with Gasteiger partial charge in [0.15, 0.2) is 12.1 Å². The number of rotatable bonds is 20. The van der Waals surface area contributed by atoms with Crippen LogP contribution in [0.1, 0.15) is 84.2 Å². The number of nitrogens with one attached hydrogen (secondary N) is 1. The number of carbonyl (C=O) groups excluding carboxylic acids is 2. The highest BCUT2D eigenvalue weighted by atomic mass is 31.2. The van der Waals surface area contributed by atoms with Crippen molar-refractivity contribution in [2.45, 2.75) is 76.7 Å². The number of ether oxygens (including phenoxy) is 4. The molecule has 0 aliphatic carbocycles. The average Bonchev–Trinajstić information content (AvgIpc) is 3.69. The zero-order chi connectivity index (χ0) is 44.2. The third kappa shape index (κ3) is 10.5. The molecule has 1 N–H and O–H groups in total. The second kappa shape index (κ2) is 21.3. The maximum Gasteiger partial charge on any atom is 0.351 e. The lowest BCUT2D eigenvalue weighted by molar-refractivity contribution is -0.0925. The van der Waals surface area contributed by atoms with Crippen LogP contribution in [0.4, 0.5) is 5.82 Å². The van der Waals surface area contributed by atoms with Crippen LogP contribution in [0.2, 0.25) is 0 Å². The van der Waals surface area contributed by atoms with Crippen molar-refractivity contribution in [3.8, 4) is 17.6 Å². The summed E-state index contributed by atoms with van der Waals surface area (Å²) >= 11 is 0. The van der Waals surface area contributed by atoms with Gasteiger partial charge in [0.1, 0.15) is 29.4 Å².